The molecule has 2 heterocycles. The summed E-state index contributed by atoms with van der Waals surface area (Å²) in [6.07, 6.45) is 1.67. The maximum absolute atomic E-state index is 11.8. The number of amides is 1. The van der Waals surface area contributed by atoms with Crippen molar-refractivity contribution in [3.05, 3.63) is 59.7 Å². The van der Waals surface area contributed by atoms with Crippen molar-refractivity contribution in [3.63, 3.8) is 0 Å². The Bertz CT molecular complexity index is 936. The van der Waals surface area contributed by atoms with E-state index in [1.807, 2.05) is 24.1 Å². The van der Waals surface area contributed by atoms with E-state index in [0.717, 1.165) is 57.4 Å². The number of nitrogens with one attached hydrogen (secondary N) is 1. The van der Waals surface area contributed by atoms with Crippen molar-refractivity contribution in [2.75, 3.05) is 51.8 Å². The molecular formula is C25H33N5O2. The minimum atomic E-state index is 0.269. The standard InChI is InChI=1S/C25H33N5O2/c1-26-25(29-15-13-28(14-16-29)22-5-3-6-23(17-22)32-2)27-18-20-8-10-21(11-9-20)19-30-12-4-7-24(30)31/h3,5-6,8-11,17H,4,7,12-16,18-19H2,1-2H3,(H,26,27). The highest BCUT2D eigenvalue weighted by atomic mass is 16.5. The van der Waals surface area contributed by atoms with Crippen LogP contribution in [-0.4, -0.2) is 68.5 Å². The van der Waals surface area contributed by atoms with Gasteiger partial charge in [-0.05, 0) is 29.7 Å². The van der Waals surface area contributed by atoms with E-state index in [0.29, 0.717) is 13.0 Å². The number of methoxy groups -OCH3 is 1. The van der Waals surface area contributed by atoms with Gasteiger partial charge in [-0.15, -0.1) is 0 Å². The number of hydrogen-bond acceptors (Lipinski definition) is 4. The van der Waals surface area contributed by atoms with E-state index in [1.165, 1.54) is 16.8 Å². The van der Waals surface area contributed by atoms with Crippen molar-refractivity contribution in [1.29, 1.82) is 0 Å². The van der Waals surface area contributed by atoms with Gasteiger partial charge >= 0.3 is 0 Å². The molecule has 0 radical (unpaired) electrons. The first-order chi connectivity index (χ1) is 15.7. The zero-order valence-electron chi connectivity index (χ0n) is 19.1. The van der Waals surface area contributed by atoms with E-state index < -0.39 is 0 Å². The molecule has 0 aromatic heterocycles. The summed E-state index contributed by atoms with van der Waals surface area (Å²) in [5, 5.41) is 3.50. The highest BCUT2D eigenvalue weighted by Gasteiger charge is 2.21. The third-order valence-corrected chi connectivity index (χ3v) is 6.23. The molecule has 4 rings (SSSR count). The maximum Gasteiger partial charge on any atom is 0.222 e. The average Bonchev–Trinajstić information content (AvgIpc) is 3.25. The molecule has 0 saturated carbocycles. The van der Waals surface area contributed by atoms with Crippen LogP contribution >= 0.6 is 0 Å². The highest BCUT2D eigenvalue weighted by Crippen LogP contribution is 2.22. The lowest BCUT2D eigenvalue weighted by Gasteiger charge is -2.37. The largest absolute Gasteiger partial charge is 0.497 e. The van der Waals surface area contributed by atoms with Crippen LogP contribution in [0.25, 0.3) is 0 Å². The second-order valence-electron chi connectivity index (χ2n) is 8.31. The van der Waals surface area contributed by atoms with Gasteiger partial charge in [-0.25, -0.2) is 0 Å². The van der Waals surface area contributed by atoms with E-state index in [-0.39, 0.29) is 5.91 Å². The molecule has 170 valence electrons. The number of hydrogen-bond donors (Lipinski definition) is 1. The molecule has 32 heavy (non-hydrogen) atoms. The molecule has 2 aliphatic heterocycles. The summed E-state index contributed by atoms with van der Waals surface area (Å²) in [5.74, 6) is 2.09. The monoisotopic (exact) mass is 435 g/mol. The van der Waals surface area contributed by atoms with E-state index >= 15 is 0 Å². The lowest BCUT2D eigenvalue weighted by Crippen LogP contribution is -2.52. The van der Waals surface area contributed by atoms with Crippen molar-refractivity contribution in [1.82, 2.24) is 15.1 Å². The summed E-state index contributed by atoms with van der Waals surface area (Å²) in [6, 6.07) is 16.8. The van der Waals surface area contributed by atoms with Crippen molar-refractivity contribution in [2.45, 2.75) is 25.9 Å². The molecule has 2 saturated heterocycles. The van der Waals surface area contributed by atoms with Crippen LogP contribution in [0.2, 0.25) is 0 Å². The molecule has 1 N–H and O–H groups in total. The fourth-order valence-corrected chi connectivity index (χ4v) is 4.35. The number of carbonyl (C=O) groups is 1. The lowest BCUT2D eigenvalue weighted by atomic mass is 10.1. The Morgan fingerprint density at radius 1 is 1.03 bits per heavy atom. The molecular weight excluding hydrogens is 402 g/mol. The molecule has 2 aromatic rings. The fraction of sp³-hybridized carbons (Fsp3) is 0.440. The van der Waals surface area contributed by atoms with Gasteiger partial charge in [0, 0.05) is 71.0 Å². The SMILES string of the molecule is CN=C(NCc1ccc(CN2CCCC2=O)cc1)N1CCN(c2cccc(OC)c2)CC1. The third kappa shape index (κ3) is 5.33. The number of benzene rings is 2. The third-order valence-electron chi connectivity index (χ3n) is 6.23. The Kier molecular flexibility index (Phi) is 7.14. The number of carbonyl (C=O) groups excluding carboxylic acids is 1. The van der Waals surface area contributed by atoms with Gasteiger partial charge in [0.25, 0.3) is 0 Å². The van der Waals surface area contributed by atoms with Gasteiger partial charge in [-0.2, -0.15) is 0 Å². The second-order valence-corrected chi connectivity index (χ2v) is 8.31. The fourth-order valence-electron chi connectivity index (χ4n) is 4.35. The Morgan fingerprint density at radius 2 is 1.78 bits per heavy atom. The Morgan fingerprint density at radius 3 is 2.44 bits per heavy atom. The number of nitrogens with zero attached hydrogens (tertiary/aromatic N) is 4. The van der Waals surface area contributed by atoms with Crippen LogP contribution in [-0.2, 0) is 17.9 Å². The highest BCUT2D eigenvalue weighted by molar-refractivity contribution is 5.80. The zero-order valence-corrected chi connectivity index (χ0v) is 19.1. The first-order valence-electron chi connectivity index (χ1n) is 11.4. The summed E-state index contributed by atoms with van der Waals surface area (Å²) in [4.78, 5) is 23.0. The quantitative estimate of drug-likeness (QED) is 0.559. The minimum Gasteiger partial charge on any atom is -0.497 e. The lowest BCUT2D eigenvalue weighted by molar-refractivity contribution is -0.128. The number of ether oxygens (including phenoxy) is 1. The van der Waals surface area contributed by atoms with Crippen LogP contribution in [0.4, 0.5) is 5.69 Å². The minimum absolute atomic E-state index is 0.269. The number of anilines is 1. The van der Waals surface area contributed by atoms with Crippen LogP contribution in [0, 0.1) is 0 Å². The smallest absolute Gasteiger partial charge is 0.222 e. The average molecular weight is 436 g/mol. The van der Waals surface area contributed by atoms with Gasteiger partial charge in [0.2, 0.25) is 5.91 Å². The number of aliphatic imine (C=N–C) groups is 1. The molecule has 0 bridgehead atoms. The van der Waals surface area contributed by atoms with Gasteiger partial charge in [0.15, 0.2) is 5.96 Å². The molecule has 2 aliphatic rings. The van der Waals surface area contributed by atoms with E-state index in [4.69, 9.17) is 4.74 Å². The maximum atomic E-state index is 11.8. The van der Waals surface area contributed by atoms with Crippen LogP contribution < -0.4 is 15.0 Å². The summed E-state index contributed by atoms with van der Waals surface area (Å²) in [7, 11) is 3.54. The molecule has 0 unspecified atom stereocenters. The van der Waals surface area contributed by atoms with Crippen molar-refractivity contribution >= 4 is 17.6 Å². The van der Waals surface area contributed by atoms with Crippen molar-refractivity contribution < 1.29 is 9.53 Å². The first-order valence-corrected chi connectivity index (χ1v) is 11.4. The van der Waals surface area contributed by atoms with Crippen LogP contribution in [0.1, 0.15) is 24.0 Å². The van der Waals surface area contributed by atoms with Crippen LogP contribution in [0.5, 0.6) is 5.75 Å². The number of rotatable bonds is 6. The summed E-state index contributed by atoms with van der Waals surface area (Å²) < 4.78 is 5.36. The van der Waals surface area contributed by atoms with Crippen LogP contribution in [0.15, 0.2) is 53.5 Å². The molecule has 0 aliphatic carbocycles. The normalized spacial score (nSPS) is 17.1. The number of guanidine groups is 1. The van der Waals surface area contributed by atoms with Crippen molar-refractivity contribution in [3.8, 4) is 5.75 Å². The molecule has 1 amide bonds. The van der Waals surface area contributed by atoms with Gasteiger partial charge in [0.1, 0.15) is 5.75 Å². The molecule has 2 fully saturated rings. The molecule has 2 aromatic carbocycles. The van der Waals surface area contributed by atoms with Gasteiger partial charge < -0.3 is 24.8 Å². The summed E-state index contributed by atoms with van der Waals surface area (Å²) >= 11 is 0. The van der Waals surface area contributed by atoms with E-state index in [1.54, 1.807) is 7.11 Å². The molecule has 0 atom stereocenters. The predicted octanol–water partition coefficient (Wildman–Crippen LogP) is 2.72. The Balaban J connectivity index is 1.26. The molecule has 7 heteroatoms. The van der Waals surface area contributed by atoms with E-state index in [2.05, 4.69) is 56.5 Å². The Hall–Kier alpha value is -3.22. The second kappa shape index (κ2) is 10.4. The topological polar surface area (TPSA) is 60.4 Å². The number of piperazine rings is 1. The summed E-state index contributed by atoms with van der Waals surface area (Å²) in [5.41, 5.74) is 3.59. The predicted molar refractivity (Wildman–Crippen MR) is 128 cm³/mol. The van der Waals surface area contributed by atoms with Gasteiger partial charge in [-0.1, -0.05) is 30.3 Å². The van der Waals surface area contributed by atoms with Crippen molar-refractivity contribution in [2.24, 2.45) is 4.99 Å². The van der Waals surface area contributed by atoms with Gasteiger partial charge in [-0.3, -0.25) is 9.79 Å². The zero-order chi connectivity index (χ0) is 22.3. The Labute approximate surface area is 190 Å². The van der Waals surface area contributed by atoms with E-state index in [9.17, 15) is 4.79 Å². The summed E-state index contributed by atoms with van der Waals surface area (Å²) in [6.45, 7) is 6.04. The number of likely N-dealkylation sites (tertiary alicyclic amines) is 1. The van der Waals surface area contributed by atoms with Crippen LogP contribution in [0.3, 0.4) is 0 Å². The molecule has 0 spiro atoms. The first kappa shape index (κ1) is 22.0. The molecule has 7 nitrogen and oxygen atoms in total. The van der Waals surface area contributed by atoms with Gasteiger partial charge in [0.05, 0.1) is 7.11 Å².